The summed E-state index contributed by atoms with van der Waals surface area (Å²) in [5.74, 6) is -0.0448. The first kappa shape index (κ1) is 58.1. The van der Waals surface area contributed by atoms with Crippen molar-refractivity contribution in [2.24, 2.45) is 0 Å². The van der Waals surface area contributed by atoms with E-state index in [2.05, 4.69) is 61.8 Å². The van der Waals surface area contributed by atoms with Crippen molar-refractivity contribution in [1.82, 2.24) is 28.7 Å². The molecule has 0 fully saturated rings. The van der Waals surface area contributed by atoms with Gasteiger partial charge in [0, 0.05) is 66.4 Å². The largest absolute Gasteiger partial charge is 0.519 e. The fourth-order valence-corrected chi connectivity index (χ4v) is 8.05. The van der Waals surface area contributed by atoms with E-state index in [0.717, 1.165) is 5.56 Å². The predicted molar refractivity (Wildman–Crippen MR) is 278 cm³/mol. The summed E-state index contributed by atoms with van der Waals surface area (Å²) in [4.78, 5) is 78.1. The molecule has 0 radical (unpaired) electrons. The summed E-state index contributed by atoms with van der Waals surface area (Å²) in [5, 5.41) is 3.13. The van der Waals surface area contributed by atoms with Crippen molar-refractivity contribution in [1.29, 1.82) is 0 Å². The van der Waals surface area contributed by atoms with Crippen LogP contribution in [0.1, 0.15) is 119 Å². The molecule has 0 atom stereocenters. The highest BCUT2D eigenvalue weighted by molar-refractivity contribution is 9.11. The summed E-state index contributed by atoms with van der Waals surface area (Å²) >= 11 is 6.76. The number of halogens is 4. The van der Waals surface area contributed by atoms with Crippen molar-refractivity contribution < 1.29 is 70.6 Å². The van der Waals surface area contributed by atoms with E-state index in [1.54, 1.807) is 105 Å². The van der Waals surface area contributed by atoms with Crippen LogP contribution in [0.25, 0.3) is 11.3 Å². The SMILES string of the molecule is CC(C)(C)OC(=O)OC(=O)OC(C)(C)C.CCOC(=O)c1cn2c(N(Cc3c(F)ccc4c3CCO4)C(=O)OC(C)(C)C)ncc(Br)c2n1.CCOC(=O)c1cn2c(NCc3c(F)ccc4c3CCO4)ncc(Br)c2n1. The average molecular weight is 1190 g/mol. The van der Waals surface area contributed by atoms with Crippen LogP contribution in [0.3, 0.4) is 0 Å². The predicted octanol–water partition coefficient (Wildman–Crippen LogP) is 10.9. The average Bonchev–Trinajstić information content (AvgIpc) is 4.15. The van der Waals surface area contributed by atoms with E-state index in [1.165, 1.54) is 33.8 Å². The molecule has 8 rings (SSSR count). The Labute approximate surface area is 453 Å². The smallest absolute Gasteiger partial charge is 0.493 e. The van der Waals surface area contributed by atoms with Gasteiger partial charge >= 0.3 is 30.3 Å². The third-order valence-electron chi connectivity index (χ3n) is 10.3. The van der Waals surface area contributed by atoms with Crippen molar-refractivity contribution >= 4 is 85.4 Å². The van der Waals surface area contributed by atoms with Crippen LogP contribution in [-0.2, 0) is 54.4 Å². The van der Waals surface area contributed by atoms with E-state index in [1.807, 2.05) is 0 Å². The maximum Gasteiger partial charge on any atom is 0.519 e. The van der Waals surface area contributed by atoms with Gasteiger partial charge in [-0.05, 0) is 132 Å². The number of aromatic nitrogens is 6. The normalized spacial score (nSPS) is 12.6. The Bertz CT molecular complexity index is 3120. The van der Waals surface area contributed by atoms with E-state index in [-0.39, 0.29) is 49.5 Å². The minimum absolute atomic E-state index is 0.0427. The standard InChI is InChI=1S/C23H24BrFN4O5.C18H16BrFN4O3.C10H18O5/c1-5-32-20(30)17-12-28-19(27-17)15(24)10-26-21(28)29(22(31)34-23(2,3)4)11-14-13-8-9-33-18(13)7-6-16(14)25;1-2-26-17(25)14-9-24-16(23-14)12(19)8-22-18(24)21-7-11-10-5-6-27-15(10)4-3-13(11)20;1-9(2,3)14-7(11)13-8(12)15-10(4,5)6/h6-7,10,12H,5,8-9,11H2,1-4H3;3-4,8-9H,2,5-7H2,1H3,(H,21,22);1-6H3. The van der Waals surface area contributed by atoms with Crippen LogP contribution in [0.4, 0.5) is 35.1 Å². The molecule has 1 N–H and O–H groups in total. The number of carbonyl (C=O) groups excluding carboxylic acids is 5. The first-order valence-electron chi connectivity index (χ1n) is 23.8. The fraction of sp³-hybridized carbons (Fsp3) is 0.431. The van der Waals surface area contributed by atoms with E-state index >= 15 is 0 Å². The van der Waals surface area contributed by atoms with E-state index < -0.39 is 53.0 Å². The minimum Gasteiger partial charge on any atom is -0.493 e. The molecular weight excluding hydrogens is 1130 g/mol. The molecule has 408 valence electrons. The second-order valence-electron chi connectivity index (χ2n) is 19.6. The third kappa shape index (κ3) is 15.0. The Hall–Kier alpha value is -7.15. The molecule has 25 heteroatoms. The second kappa shape index (κ2) is 24.2. The first-order valence-corrected chi connectivity index (χ1v) is 25.4. The van der Waals surface area contributed by atoms with Gasteiger partial charge in [-0.15, -0.1) is 0 Å². The number of nitrogens with zero attached hydrogens (tertiary/aromatic N) is 7. The molecule has 4 aromatic heterocycles. The number of fused-ring (bicyclic) bond motifs is 4. The highest BCUT2D eigenvalue weighted by Crippen LogP contribution is 2.34. The molecule has 6 aromatic rings. The number of amides is 1. The molecule has 6 heterocycles. The van der Waals surface area contributed by atoms with Gasteiger partial charge in [0.25, 0.3) is 0 Å². The summed E-state index contributed by atoms with van der Waals surface area (Å²) in [6.45, 7) is 20.1. The number of hydrogen-bond acceptors (Lipinski definition) is 18. The lowest BCUT2D eigenvalue weighted by Crippen LogP contribution is -2.38. The molecule has 1 amide bonds. The van der Waals surface area contributed by atoms with Gasteiger partial charge in [-0.3, -0.25) is 8.80 Å². The molecule has 0 unspecified atom stereocenters. The molecule has 2 aliphatic heterocycles. The Kier molecular flexibility index (Phi) is 18.5. The number of esters is 2. The number of anilines is 2. The van der Waals surface area contributed by atoms with Crippen LogP contribution < -0.4 is 19.7 Å². The van der Waals surface area contributed by atoms with Crippen LogP contribution in [0.5, 0.6) is 11.5 Å². The van der Waals surface area contributed by atoms with E-state index in [0.29, 0.717) is 80.4 Å². The quantitative estimate of drug-likeness (QED) is 0.0762. The summed E-state index contributed by atoms with van der Waals surface area (Å²) in [7, 11) is 0. The van der Waals surface area contributed by atoms with Gasteiger partial charge in [-0.2, -0.15) is 0 Å². The molecule has 0 saturated carbocycles. The van der Waals surface area contributed by atoms with E-state index in [9.17, 15) is 32.8 Å². The zero-order chi connectivity index (χ0) is 55.9. The first-order chi connectivity index (χ1) is 35.7. The van der Waals surface area contributed by atoms with Crippen LogP contribution >= 0.6 is 31.9 Å². The Balaban J connectivity index is 0.000000199. The topological polar surface area (TPSA) is 235 Å². The van der Waals surface area contributed by atoms with Gasteiger partial charge in [0.05, 0.1) is 41.9 Å². The van der Waals surface area contributed by atoms with Crippen LogP contribution in [0.2, 0.25) is 0 Å². The van der Waals surface area contributed by atoms with E-state index in [4.69, 9.17) is 33.2 Å². The van der Waals surface area contributed by atoms with Gasteiger partial charge in [0.1, 0.15) is 39.9 Å². The fourth-order valence-electron chi connectivity index (χ4n) is 7.28. The maximum absolute atomic E-state index is 15.0. The molecule has 21 nitrogen and oxygen atoms in total. The monoisotopic (exact) mass is 1190 g/mol. The van der Waals surface area contributed by atoms with Crippen molar-refractivity contribution in [3.05, 3.63) is 103 Å². The van der Waals surface area contributed by atoms with Gasteiger partial charge in [-0.25, -0.2) is 57.6 Å². The highest BCUT2D eigenvalue weighted by Gasteiger charge is 2.32. The van der Waals surface area contributed by atoms with Crippen LogP contribution in [0.15, 0.2) is 58.0 Å². The number of imidazole rings is 2. The molecule has 0 saturated heterocycles. The van der Waals surface area contributed by atoms with Gasteiger partial charge < -0.3 is 43.2 Å². The van der Waals surface area contributed by atoms with Gasteiger partial charge in [0.15, 0.2) is 22.7 Å². The van der Waals surface area contributed by atoms with Crippen molar-refractivity contribution in [2.45, 2.75) is 119 Å². The van der Waals surface area contributed by atoms with Crippen LogP contribution in [0, 0.1) is 11.6 Å². The van der Waals surface area contributed by atoms with Crippen LogP contribution in [-0.4, -0.2) is 102 Å². The molecule has 0 bridgehead atoms. The maximum atomic E-state index is 15.0. The van der Waals surface area contributed by atoms with Crippen molar-refractivity contribution in [3.63, 3.8) is 0 Å². The zero-order valence-electron chi connectivity index (χ0n) is 43.7. The molecular formula is C51H58Br2F2N8O13. The summed E-state index contributed by atoms with van der Waals surface area (Å²) in [6, 6.07) is 5.95. The number of nitrogens with one attached hydrogen (secondary N) is 1. The highest BCUT2D eigenvalue weighted by atomic mass is 79.9. The molecule has 2 aliphatic rings. The lowest BCUT2D eigenvalue weighted by atomic mass is 10.0. The molecule has 2 aromatic carbocycles. The molecule has 76 heavy (non-hydrogen) atoms. The lowest BCUT2D eigenvalue weighted by Gasteiger charge is -2.27. The zero-order valence-corrected chi connectivity index (χ0v) is 46.9. The minimum atomic E-state index is -1.06. The Morgan fingerprint density at radius 2 is 1.13 bits per heavy atom. The molecule has 0 spiro atoms. The number of ether oxygens (including phenoxy) is 8. The summed E-state index contributed by atoms with van der Waals surface area (Å²) < 4.78 is 74.0. The Morgan fingerprint density at radius 1 is 0.671 bits per heavy atom. The van der Waals surface area contributed by atoms with Crippen molar-refractivity contribution in [2.75, 3.05) is 36.6 Å². The van der Waals surface area contributed by atoms with Crippen molar-refractivity contribution in [3.8, 4) is 11.5 Å². The number of carbonyl (C=O) groups is 5. The Morgan fingerprint density at radius 3 is 1.63 bits per heavy atom. The van der Waals surface area contributed by atoms with Gasteiger partial charge in [0.2, 0.25) is 11.9 Å². The lowest BCUT2D eigenvalue weighted by molar-refractivity contribution is -0.0294. The van der Waals surface area contributed by atoms with Gasteiger partial charge in [-0.1, -0.05) is 0 Å². The second-order valence-corrected chi connectivity index (χ2v) is 21.3. The number of rotatable bonds is 10. The third-order valence-corrected chi connectivity index (χ3v) is 11.4. The number of hydrogen-bond donors (Lipinski definition) is 1. The number of benzene rings is 2. The molecule has 0 aliphatic carbocycles. The summed E-state index contributed by atoms with van der Waals surface area (Å²) in [6.07, 6.45) is 4.35. The summed E-state index contributed by atoms with van der Waals surface area (Å²) in [5.41, 5.74) is 1.29.